The maximum atomic E-state index is 13.1. The molecule has 2 aromatic carbocycles. The number of rotatable bonds is 12. The van der Waals surface area contributed by atoms with Crippen molar-refractivity contribution in [3.8, 4) is 0 Å². The molecule has 2 aromatic rings. The van der Waals surface area contributed by atoms with Gasteiger partial charge in [-0.15, -0.1) is 0 Å². The van der Waals surface area contributed by atoms with E-state index in [1.54, 1.807) is 0 Å². The molecular weight excluding hydrogens is 488 g/mol. The van der Waals surface area contributed by atoms with Crippen molar-refractivity contribution in [3.05, 3.63) is 71.8 Å². The highest BCUT2D eigenvalue weighted by molar-refractivity contribution is 5.98. The van der Waals surface area contributed by atoms with E-state index in [1.165, 1.54) is 0 Å². The topological polar surface area (TPSA) is 135 Å². The van der Waals surface area contributed by atoms with E-state index in [4.69, 9.17) is 9.47 Å². The highest BCUT2D eigenvalue weighted by Crippen LogP contribution is 2.13. The molecule has 10 heteroatoms. The van der Waals surface area contributed by atoms with Crippen LogP contribution in [0.4, 0.5) is 9.59 Å². The summed E-state index contributed by atoms with van der Waals surface area (Å²) >= 11 is 0. The van der Waals surface area contributed by atoms with Gasteiger partial charge >= 0.3 is 12.2 Å². The Kier molecular flexibility index (Phi) is 11.0. The van der Waals surface area contributed by atoms with Gasteiger partial charge in [-0.3, -0.25) is 9.59 Å². The molecule has 4 amide bonds. The summed E-state index contributed by atoms with van der Waals surface area (Å²) in [5, 5.41) is 10.9. The lowest BCUT2D eigenvalue weighted by Gasteiger charge is -2.37. The summed E-state index contributed by atoms with van der Waals surface area (Å²) in [5.74, 6) is -0.895. The van der Waals surface area contributed by atoms with Gasteiger partial charge in [-0.05, 0) is 24.0 Å². The molecule has 10 nitrogen and oxygen atoms in total. The van der Waals surface area contributed by atoms with Gasteiger partial charge in [0.2, 0.25) is 11.8 Å². The van der Waals surface area contributed by atoms with Crippen molar-refractivity contribution in [2.75, 3.05) is 0 Å². The van der Waals surface area contributed by atoms with Gasteiger partial charge in [0.15, 0.2) is 0 Å². The van der Waals surface area contributed by atoms with Crippen LogP contribution < -0.4 is 21.3 Å². The fourth-order valence-electron chi connectivity index (χ4n) is 4.28. The van der Waals surface area contributed by atoms with E-state index in [0.29, 0.717) is 25.7 Å². The van der Waals surface area contributed by atoms with Crippen LogP contribution in [-0.4, -0.2) is 48.2 Å². The lowest BCUT2D eigenvalue weighted by atomic mass is 9.95. The van der Waals surface area contributed by atoms with Crippen molar-refractivity contribution in [3.63, 3.8) is 0 Å². The van der Waals surface area contributed by atoms with Gasteiger partial charge in [0, 0.05) is 0 Å². The van der Waals surface area contributed by atoms with Gasteiger partial charge in [-0.25, -0.2) is 9.59 Å². The summed E-state index contributed by atoms with van der Waals surface area (Å²) in [7, 11) is 0. The van der Waals surface area contributed by atoms with Crippen molar-refractivity contribution >= 4 is 24.0 Å². The van der Waals surface area contributed by atoms with Crippen molar-refractivity contribution in [2.24, 2.45) is 0 Å². The predicted molar refractivity (Wildman–Crippen MR) is 141 cm³/mol. The molecule has 0 unspecified atom stereocenters. The average molecular weight is 525 g/mol. The van der Waals surface area contributed by atoms with Crippen molar-refractivity contribution in [2.45, 2.75) is 76.9 Å². The minimum Gasteiger partial charge on any atom is -0.445 e. The molecule has 3 rings (SSSR count). The monoisotopic (exact) mass is 524 g/mol. The minimum atomic E-state index is -0.977. The number of piperazine rings is 1. The summed E-state index contributed by atoms with van der Waals surface area (Å²) in [4.78, 5) is 51.0. The number of carbonyl (C=O) groups excluding carboxylic acids is 4. The molecule has 1 aliphatic rings. The number of amides is 4. The summed E-state index contributed by atoms with van der Waals surface area (Å²) < 4.78 is 10.6. The largest absolute Gasteiger partial charge is 0.445 e. The minimum absolute atomic E-state index is 0.0849. The van der Waals surface area contributed by atoms with Gasteiger partial charge in [0.05, 0.1) is 12.1 Å². The van der Waals surface area contributed by atoms with E-state index in [1.807, 2.05) is 74.5 Å². The predicted octanol–water partition coefficient (Wildman–Crippen LogP) is 3.16. The van der Waals surface area contributed by atoms with Gasteiger partial charge in [0.25, 0.3) is 0 Å². The molecular formula is C28H36N4O6. The summed E-state index contributed by atoms with van der Waals surface area (Å²) in [6.45, 7) is 4.00. The van der Waals surface area contributed by atoms with E-state index in [2.05, 4.69) is 21.3 Å². The first-order valence-corrected chi connectivity index (χ1v) is 13.0. The van der Waals surface area contributed by atoms with Gasteiger partial charge in [-0.2, -0.15) is 0 Å². The Bertz CT molecular complexity index is 980. The molecule has 0 aliphatic carbocycles. The Morgan fingerprint density at radius 3 is 1.42 bits per heavy atom. The molecule has 1 heterocycles. The number of benzene rings is 2. The van der Waals surface area contributed by atoms with Crippen LogP contribution in [0.3, 0.4) is 0 Å². The fraction of sp³-hybridized carbons (Fsp3) is 0.429. The van der Waals surface area contributed by atoms with Gasteiger partial charge in [0.1, 0.15) is 25.3 Å². The number of ether oxygens (including phenoxy) is 2. The maximum Gasteiger partial charge on any atom is 0.407 e. The van der Waals surface area contributed by atoms with Crippen LogP contribution in [0.2, 0.25) is 0 Å². The molecule has 204 valence electrons. The van der Waals surface area contributed by atoms with Crippen LogP contribution in [0.15, 0.2) is 60.7 Å². The lowest BCUT2D eigenvalue weighted by Crippen LogP contribution is -2.71. The van der Waals surface area contributed by atoms with Crippen LogP contribution >= 0.6 is 0 Å². The number of hydrogen-bond donors (Lipinski definition) is 4. The molecule has 0 spiro atoms. The third-order valence-corrected chi connectivity index (χ3v) is 6.20. The first-order valence-electron chi connectivity index (χ1n) is 13.0. The van der Waals surface area contributed by atoms with Crippen molar-refractivity contribution in [1.82, 2.24) is 21.3 Å². The zero-order chi connectivity index (χ0) is 27.3. The maximum absolute atomic E-state index is 13.1. The van der Waals surface area contributed by atoms with Crippen LogP contribution in [0.1, 0.15) is 50.7 Å². The van der Waals surface area contributed by atoms with E-state index in [-0.39, 0.29) is 13.2 Å². The van der Waals surface area contributed by atoms with E-state index >= 15 is 0 Å². The van der Waals surface area contributed by atoms with E-state index in [0.717, 1.165) is 11.1 Å². The first-order chi connectivity index (χ1) is 18.4. The fourth-order valence-corrected chi connectivity index (χ4v) is 4.28. The Morgan fingerprint density at radius 2 is 1.08 bits per heavy atom. The summed E-state index contributed by atoms with van der Waals surface area (Å²) in [5.41, 5.74) is 1.66. The van der Waals surface area contributed by atoms with Crippen LogP contribution in [0.25, 0.3) is 0 Å². The molecule has 0 radical (unpaired) electrons. The molecule has 1 aliphatic heterocycles. The molecule has 0 aromatic heterocycles. The van der Waals surface area contributed by atoms with E-state index < -0.39 is 48.2 Å². The third kappa shape index (κ3) is 8.50. The summed E-state index contributed by atoms with van der Waals surface area (Å²) in [6, 6.07) is 15.2. The highest BCUT2D eigenvalue weighted by Gasteiger charge is 2.42. The zero-order valence-electron chi connectivity index (χ0n) is 21.8. The number of carbonyl (C=O) groups is 4. The smallest absolute Gasteiger partial charge is 0.407 e. The number of nitrogens with one attached hydrogen (secondary N) is 4. The van der Waals surface area contributed by atoms with Crippen molar-refractivity contribution < 1.29 is 28.7 Å². The molecule has 4 atom stereocenters. The second kappa shape index (κ2) is 14.6. The Balaban J connectivity index is 1.57. The second-order valence-electron chi connectivity index (χ2n) is 9.17. The van der Waals surface area contributed by atoms with Crippen molar-refractivity contribution in [1.29, 1.82) is 0 Å². The SMILES string of the molecule is CCC[C@H](NC(=O)OCc1ccccc1)[C@@H]1NC(=O)[C@H]([C@H](CCC)NC(=O)OCc2ccccc2)NC1=O. The second-order valence-corrected chi connectivity index (χ2v) is 9.17. The Hall–Kier alpha value is -4.08. The lowest BCUT2D eigenvalue weighted by molar-refractivity contribution is -0.138. The van der Waals surface area contributed by atoms with Gasteiger partial charge < -0.3 is 30.7 Å². The average Bonchev–Trinajstić information content (AvgIpc) is 2.92. The molecule has 0 saturated carbocycles. The molecule has 38 heavy (non-hydrogen) atoms. The molecule has 1 saturated heterocycles. The van der Waals surface area contributed by atoms with E-state index in [9.17, 15) is 19.2 Å². The first kappa shape index (κ1) is 28.5. The van der Waals surface area contributed by atoms with Gasteiger partial charge in [-0.1, -0.05) is 87.4 Å². The standard InChI is InChI=1S/C28H36N4O6/c1-3-11-21(29-27(35)37-17-19-13-7-5-8-14-19)23-25(33)32-24(26(34)31-23)22(12-4-2)30-28(36)38-18-20-15-9-6-10-16-20/h5-10,13-16,21-24H,3-4,11-12,17-18H2,1-2H3,(H,29,35)(H,30,36)(H,31,34)(H,32,33)/t21-,22-,23-,24-/m0/s1. The quantitative estimate of drug-likeness (QED) is 0.337. The Morgan fingerprint density at radius 1 is 0.711 bits per heavy atom. The molecule has 1 fully saturated rings. The Labute approximate surface area is 222 Å². The normalized spacial score (nSPS) is 18.4. The summed E-state index contributed by atoms with van der Waals surface area (Å²) in [6.07, 6.45) is 0.879. The zero-order valence-corrected chi connectivity index (χ0v) is 21.8. The number of alkyl carbamates (subject to hydrolysis) is 2. The number of hydrogen-bond acceptors (Lipinski definition) is 6. The van der Waals surface area contributed by atoms with Crippen LogP contribution in [-0.2, 0) is 32.3 Å². The van der Waals surface area contributed by atoms with Crippen LogP contribution in [0, 0.1) is 0 Å². The van der Waals surface area contributed by atoms with Crippen LogP contribution in [0.5, 0.6) is 0 Å². The third-order valence-electron chi connectivity index (χ3n) is 6.20. The highest BCUT2D eigenvalue weighted by atomic mass is 16.6. The molecule has 0 bridgehead atoms. The molecule has 4 N–H and O–H groups in total.